The van der Waals surface area contributed by atoms with Crippen LogP contribution in [0.25, 0.3) is 0 Å². The van der Waals surface area contributed by atoms with Gasteiger partial charge in [-0.1, -0.05) is 0 Å². The summed E-state index contributed by atoms with van der Waals surface area (Å²) in [5.41, 5.74) is 0. The average Bonchev–Trinajstić information content (AvgIpc) is 2.44. The summed E-state index contributed by atoms with van der Waals surface area (Å²) in [4.78, 5) is 32.6. The molecule has 90 valence electrons. The van der Waals surface area contributed by atoms with Crippen molar-refractivity contribution in [2.24, 2.45) is 0 Å². The average molecular weight is 230 g/mol. The Morgan fingerprint density at radius 3 is 2.50 bits per heavy atom. The van der Waals surface area contributed by atoms with Crippen molar-refractivity contribution in [1.29, 1.82) is 0 Å². The number of hydrogen-bond acceptors (Lipinski definition) is 6. The van der Waals surface area contributed by atoms with Gasteiger partial charge in [-0.15, -0.1) is 0 Å². The molecule has 0 amide bonds. The predicted molar refractivity (Wildman–Crippen MR) is 51.3 cm³/mol. The molecule has 0 aromatic rings. The Bertz CT molecular complexity index is 310. The van der Waals surface area contributed by atoms with E-state index in [1.54, 1.807) is 6.92 Å². The van der Waals surface area contributed by atoms with E-state index in [0.717, 1.165) is 0 Å². The third-order valence-corrected chi connectivity index (χ3v) is 2.13. The summed E-state index contributed by atoms with van der Waals surface area (Å²) < 4.78 is 14.8. The van der Waals surface area contributed by atoms with Crippen LogP contribution in [0.5, 0.6) is 0 Å². The first-order valence-electron chi connectivity index (χ1n) is 4.94. The molecule has 1 heterocycles. The minimum absolute atomic E-state index is 0.00412. The van der Waals surface area contributed by atoms with E-state index in [1.807, 2.05) is 0 Å². The van der Waals surface area contributed by atoms with Gasteiger partial charge in [-0.25, -0.2) is 0 Å². The Morgan fingerprint density at radius 1 is 1.38 bits per heavy atom. The summed E-state index contributed by atoms with van der Waals surface area (Å²) in [6.45, 7) is 4.09. The molecular formula is C10H14O6. The second-order valence-corrected chi connectivity index (χ2v) is 3.62. The third-order valence-electron chi connectivity index (χ3n) is 2.13. The van der Waals surface area contributed by atoms with E-state index >= 15 is 0 Å². The molecule has 0 N–H and O–H groups in total. The van der Waals surface area contributed by atoms with Gasteiger partial charge in [0.15, 0.2) is 12.2 Å². The summed E-state index contributed by atoms with van der Waals surface area (Å²) >= 11 is 0. The van der Waals surface area contributed by atoms with Crippen LogP contribution in [0.4, 0.5) is 0 Å². The fourth-order valence-electron chi connectivity index (χ4n) is 1.61. The zero-order chi connectivity index (χ0) is 12.3. The van der Waals surface area contributed by atoms with Gasteiger partial charge in [-0.3, -0.25) is 14.4 Å². The van der Waals surface area contributed by atoms with E-state index in [9.17, 15) is 14.4 Å². The van der Waals surface area contributed by atoms with Gasteiger partial charge in [0.1, 0.15) is 6.10 Å². The van der Waals surface area contributed by atoms with Crippen molar-refractivity contribution < 1.29 is 28.6 Å². The normalized spacial score (nSPS) is 25.8. The number of carbonyl (C=O) groups excluding carboxylic acids is 3. The Hall–Kier alpha value is -1.59. The predicted octanol–water partition coefficient (Wildman–Crippen LogP) is 0.185. The van der Waals surface area contributed by atoms with Crippen LogP contribution < -0.4 is 0 Å². The van der Waals surface area contributed by atoms with Crippen molar-refractivity contribution in [2.45, 2.75) is 45.5 Å². The molecule has 16 heavy (non-hydrogen) atoms. The second-order valence-electron chi connectivity index (χ2n) is 3.62. The summed E-state index contributed by atoms with van der Waals surface area (Å²) in [7, 11) is 0. The zero-order valence-corrected chi connectivity index (χ0v) is 9.39. The lowest BCUT2D eigenvalue weighted by Crippen LogP contribution is -2.37. The van der Waals surface area contributed by atoms with Gasteiger partial charge >= 0.3 is 17.9 Å². The molecule has 0 bridgehead atoms. The lowest BCUT2D eigenvalue weighted by Gasteiger charge is -2.22. The van der Waals surface area contributed by atoms with Gasteiger partial charge in [0.2, 0.25) is 0 Å². The summed E-state index contributed by atoms with van der Waals surface area (Å²) in [6.07, 6.45) is -2.04. The molecule has 1 rings (SSSR count). The van der Waals surface area contributed by atoms with Crippen LogP contribution in [0.1, 0.15) is 27.2 Å². The molecule has 0 saturated carbocycles. The smallest absolute Gasteiger partial charge is 0.310 e. The number of rotatable bonds is 3. The molecule has 0 aromatic heterocycles. The van der Waals surface area contributed by atoms with Crippen molar-refractivity contribution in [3.05, 3.63) is 0 Å². The highest BCUT2D eigenvalue weighted by atomic mass is 16.6. The largest absolute Gasteiger partial charge is 0.459 e. The first-order chi connectivity index (χ1) is 7.40. The van der Waals surface area contributed by atoms with Crippen LogP contribution in [-0.2, 0) is 28.6 Å². The topological polar surface area (TPSA) is 78.9 Å². The quantitative estimate of drug-likeness (QED) is 0.508. The fourth-order valence-corrected chi connectivity index (χ4v) is 1.61. The zero-order valence-electron chi connectivity index (χ0n) is 9.39. The van der Waals surface area contributed by atoms with Crippen LogP contribution in [0, 0.1) is 0 Å². The van der Waals surface area contributed by atoms with E-state index in [0.29, 0.717) is 0 Å². The molecule has 1 aliphatic heterocycles. The van der Waals surface area contributed by atoms with Crippen LogP contribution in [-0.4, -0.2) is 36.2 Å². The molecule has 3 atom stereocenters. The highest BCUT2D eigenvalue weighted by Gasteiger charge is 2.42. The van der Waals surface area contributed by atoms with Crippen molar-refractivity contribution in [3.63, 3.8) is 0 Å². The molecule has 1 saturated heterocycles. The maximum atomic E-state index is 11.1. The van der Waals surface area contributed by atoms with E-state index < -0.39 is 36.2 Å². The standard InChI is InChI=1S/C10H14O6/c1-5(14-6(2)11)10-8(15-7(3)12)4-9(13)16-10/h5,8,10H,4H2,1-3H3. The fraction of sp³-hybridized carbons (Fsp3) is 0.700. The highest BCUT2D eigenvalue weighted by Crippen LogP contribution is 2.23. The minimum Gasteiger partial charge on any atom is -0.459 e. The lowest BCUT2D eigenvalue weighted by atomic mass is 10.1. The maximum absolute atomic E-state index is 11.1. The molecule has 1 fully saturated rings. The van der Waals surface area contributed by atoms with E-state index in [2.05, 4.69) is 0 Å². The van der Waals surface area contributed by atoms with Crippen LogP contribution in [0.15, 0.2) is 0 Å². The van der Waals surface area contributed by atoms with Crippen LogP contribution in [0.3, 0.4) is 0 Å². The maximum Gasteiger partial charge on any atom is 0.310 e. The Balaban J connectivity index is 2.64. The Labute approximate surface area is 92.8 Å². The van der Waals surface area contributed by atoms with Crippen LogP contribution >= 0.6 is 0 Å². The summed E-state index contributed by atoms with van der Waals surface area (Å²) in [5, 5.41) is 0. The van der Waals surface area contributed by atoms with Crippen molar-refractivity contribution in [2.75, 3.05) is 0 Å². The molecule has 1 aliphatic rings. The number of esters is 3. The highest BCUT2D eigenvalue weighted by molar-refractivity contribution is 5.74. The second kappa shape index (κ2) is 4.96. The molecule has 0 spiro atoms. The van der Waals surface area contributed by atoms with Gasteiger partial charge in [0, 0.05) is 13.8 Å². The molecule has 0 radical (unpaired) electrons. The molecule has 0 aliphatic carbocycles. The van der Waals surface area contributed by atoms with Gasteiger partial charge in [-0.2, -0.15) is 0 Å². The lowest BCUT2D eigenvalue weighted by molar-refractivity contribution is -0.166. The van der Waals surface area contributed by atoms with Crippen molar-refractivity contribution in [3.8, 4) is 0 Å². The van der Waals surface area contributed by atoms with Gasteiger partial charge in [-0.05, 0) is 6.92 Å². The number of ether oxygens (including phenoxy) is 3. The van der Waals surface area contributed by atoms with Crippen molar-refractivity contribution >= 4 is 17.9 Å². The summed E-state index contributed by atoms with van der Waals surface area (Å²) in [6, 6.07) is 0. The molecule has 6 heteroatoms. The summed E-state index contributed by atoms with van der Waals surface area (Å²) in [5.74, 6) is -1.43. The van der Waals surface area contributed by atoms with Crippen molar-refractivity contribution in [1.82, 2.24) is 0 Å². The number of carbonyl (C=O) groups is 3. The molecule has 6 nitrogen and oxygen atoms in total. The minimum atomic E-state index is -0.722. The number of hydrogen-bond donors (Lipinski definition) is 0. The van der Waals surface area contributed by atoms with Gasteiger partial charge in [0.05, 0.1) is 6.42 Å². The van der Waals surface area contributed by atoms with E-state index in [1.165, 1.54) is 13.8 Å². The third kappa shape index (κ3) is 3.22. The Morgan fingerprint density at radius 2 is 2.00 bits per heavy atom. The molecule has 0 aromatic carbocycles. The Kier molecular flexibility index (Phi) is 3.87. The van der Waals surface area contributed by atoms with Gasteiger partial charge in [0.25, 0.3) is 0 Å². The first-order valence-corrected chi connectivity index (χ1v) is 4.94. The molecule has 3 unspecified atom stereocenters. The van der Waals surface area contributed by atoms with Gasteiger partial charge < -0.3 is 14.2 Å². The van der Waals surface area contributed by atoms with Crippen LogP contribution in [0.2, 0.25) is 0 Å². The first kappa shape index (κ1) is 12.5. The van der Waals surface area contributed by atoms with E-state index in [-0.39, 0.29) is 6.42 Å². The van der Waals surface area contributed by atoms with E-state index in [4.69, 9.17) is 14.2 Å². The monoisotopic (exact) mass is 230 g/mol. The SMILES string of the molecule is CC(=O)OC(C)C1OC(=O)CC1OC(C)=O. The molecular weight excluding hydrogens is 216 g/mol. The number of cyclic esters (lactones) is 1.